The van der Waals surface area contributed by atoms with Crippen molar-refractivity contribution in [1.29, 1.82) is 0 Å². The van der Waals surface area contributed by atoms with Crippen molar-refractivity contribution in [2.45, 2.75) is 47.0 Å². The molecule has 1 aliphatic heterocycles. The zero-order chi connectivity index (χ0) is 22.6. The summed E-state index contributed by atoms with van der Waals surface area (Å²) in [6.07, 6.45) is 4.49. The zero-order valence-electron chi connectivity index (χ0n) is 19.0. The van der Waals surface area contributed by atoms with Crippen LogP contribution >= 0.6 is 23.7 Å². The summed E-state index contributed by atoms with van der Waals surface area (Å²) in [7, 11) is 3.40. The van der Waals surface area contributed by atoms with E-state index in [4.69, 9.17) is 14.1 Å². The molecule has 5 rings (SSSR count). The second kappa shape index (κ2) is 10.4. The Morgan fingerprint density at radius 3 is 2.00 bits per heavy atom. The van der Waals surface area contributed by atoms with Crippen molar-refractivity contribution in [2.75, 3.05) is 27.3 Å². The minimum atomic E-state index is 0.275. The van der Waals surface area contributed by atoms with Gasteiger partial charge in [0.25, 0.3) is 0 Å². The second-order valence-corrected chi connectivity index (χ2v) is 11.0. The Morgan fingerprint density at radius 1 is 0.788 bits per heavy atom. The van der Waals surface area contributed by atoms with E-state index in [0.717, 1.165) is 48.8 Å². The van der Waals surface area contributed by atoms with Crippen LogP contribution in [0, 0.1) is 0 Å². The molecule has 6 nitrogen and oxygen atoms in total. The van der Waals surface area contributed by atoms with Crippen LogP contribution in [0.4, 0.5) is 0 Å². The van der Waals surface area contributed by atoms with Gasteiger partial charge in [0, 0.05) is 18.0 Å². The van der Waals surface area contributed by atoms with E-state index in [-0.39, 0.29) is 5.25 Å². The molecule has 1 saturated heterocycles. The van der Waals surface area contributed by atoms with Crippen molar-refractivity contribution in [1.82, 2.24) is 14.6 Å². The maximum Gasteiger partial charge on any atom is 0.123 e. The lowest BCUT2D eigenvalue weighted by Crippen LogP contribution is -2.29. The molecular weight excluding hydrogens is 454 g/mol. The molecule has 174 valence electrons. The number of fused-ring (bicyclic) bond motifs is 1. The highest BCUT2D eigenvalue weighted by molar-refractivity contribution is 7.99. The van der Waals surface area contributed by atoms with Crippen molar-refractivity contribution in [3.8, 4) is 11.5 Å². The second-order valence-electron chi connectivity index (χ2n) is 8.46. The largest absolute Gasteiger partial charge is 0.497 e. The maximum atomic E-state index is 5.29. The fourth-order valence-corrected chi connectivity index (χ4v) is 7.05. The quantitative estimate of drug-likeness (QED) is 0.364. The number of ether oxygens (including phenoxy) is 2. The van der Waals surface area contributed by atoms with E-state index >= 15 is 0 Å². The Labute approximate surface area is 203 Å². The van der Waals surface area contributed by atoms with E-state index in [9.17, 15) is 0 Å². The first-order chi connectivity index (χ1) is 16.2. The summed E-state index contributed by atoms with van der Waals surface area (Å²) < 4.78 is 18.3. The molecule has 1 fully saturated rings. The number of nitrogens with zero attached hydrogens (tertiary/aromatic N) is 3. The molecule has 2 unspecified atom stereocenters. The number of rotatable bonds is 7. The molecule has 2 aromatic carbocycles. The number of hydrogen-bond acceptors (Lipinski definition) is 8. The average molecular weight is 484 g/mol. The smallest absolute Gasteiger partial charge is 0.123 e. The molecule has 0 saturated carbocycles. The van der Waals surface area contributed by atoms with Crippen molar-refractivity contribution in [3.05, 3.63) is 65.5 Å². The lowest BCUT2D eigenvalue weighted by molar-refractivity contribution is 0.300. The lowest BCUT2D eigenvalue weighted by atomic mass is 9.90. The molecule has 33 heavy (non-hydrogen) atoms. The van der Waals surface area contributed by atoms with Crippen molar-refractivity contribution in [2.24, 2.45) is 0 Å². The molecule has 0 amide bonds. The molecule has 2 aliphatic rings. The lowest BCUT2D eigenvalue weighted by Gasteiger charge is -2.34. The molecule has 0 spiro atoms. The summed E-state index contributed by atoms with van der Waals surface area (Å²) in [5, 5.41) is 9.22. The van der Waals surface area contributed by atoms with Crippen LogP contribution in [0.2, 0.25) is 0 Å². The van der Waals surface area contributed by atoms with Crippen molar-refractivity contribution >= 4 is 23.7 Å². The van der Waals surface area contributed by atoms with Gasteiger partial charge in [0.05, 0.1) is 24.7 Å². The molecule has 3 aromatic rings. The molecule has 0 bridgehead atoms. The normalized spacial score (nSPS) is 21.5. The number of benzene rings is 2. The number of aromatic nitrogens is 2. The van der Waals surface area contributed by atoms with Gasteiger partial charge in [-0.1, -0.05) is 34.4 Å². The molecule has 1 aliphatic carbocycles. The van der Waals surface area contributed by atoms with E-state index in [0.29, 0.717) is 11.2 Å². The van der Waals surface area contributed by atoms with Gasteiger partial charge in [-0.2, -0.15) is 0 Å². The van der Waals surface area contributed by atoms with Crippen LogP contribution in [-0.2, 0) is 0 Å². The SMILES string of the molecule is COc1ccc(SC2CCC(SN3CCC(c4ccc(OC)cc4)CC3)c3nonc32)cc1. The maximum absolute atomic E-state index is 5.29. The summed E-state index contributed by atoms with van der Waals surface area (Å²) in [6, 6.07) is 16.8. The first-order valence-corrected chi connectivity index (χ1v) is 13.1. The van der Waals surface area contributed by atoms with Crippen LogP contribution in [0.25, 0.3) is 0 Å². The van der Waals surface area contributed by atoms with Gasteiger partial charge in [0.15, 0.2) is 0 Å². The van der Waals surface area contributed by atoms with Crippen molar-refractivity contribution < 1.29 is 14.1 Å². The Hall–Kier alpha value is -2.16. The molecular formula is C25H29N3O3S2. The van der Waals surface area contributed by atoms with Gasteiger partial charge in [-0.3, -0.25) is 0 Å². The molecule has 1 aromatic heterocycles. The van der Waals surface area contributed by atoms with Crippen LogP contribution in [0.15, 0.2) is 58.1 Å². The van der Waals surface area contributed by atoms with Gasteiger partial charge in [-0.25, -0.2) is 8.93 Å². The molecule has 0 N–H and O–H groups in total. The highest BCUT2D eigenvalue weighted by Gasteiger charge is 2.35. The van der Waals surface area contributed by atoms with Crippen LogP contribution in [0.3, 0.4) is 0 Å². The van der Waals surface area contributed by atoms with Gasteiger partial charge in [-0.15, -0.1) is 11.8 Å². The minimum Gasteiger partial charge on any atom is -0.497 e. The van der Waals surface area contributed by atoms with E-state index in [2.05, 4.69) is 51.0 Å². The predicted octanol–water partition coefficient (Wildman–Crippen LogP) is 6.28. The van der Waals surface area contributed by atoms with E-state index < -0.39 is 0 Å². The first kappa shape index (κ1) is 22.6. The molecule has 2 heterocycles. The fraction of sp³-hybridized carbons (Fsp3) is 0.440. The van der Waals surface area contributed by atoms with Crippen molar-refractivity contribution in [3.63, 3.8) is 0 Å². The number of methoxy groups -OCH3 is 2. The van der Waals surface area contributed by atoms with Gasteiger partial charge in [-0.05, 0) is 73.6 Å². The predicted molar refractivity (Wildman–Crippen MR) is 132 cm³/mol. The monoisotopic (exact) mass is 483 g/mol. The van der Waals surface area contributed by atoms with Gasteiger partial charge < -0.3 is 9.47 Å². The van der Waals surface area contributed by atoms with Crippen LogP contribution < -0.4 is 9.47 Å². The Balaban J connectivity index is 1.18. The Kier molecular flexibility index (Phi) is 7.13. The van der Waals surface area contributed by atoms with Crippen LogP contribution in [0.5, 0.6) is 11.5 Å². The van der Waals surface area contributed by atoms with Gasteiger partial charge in [0.2, 0.25) is 0 Å². The minimum absolute atomic E-state index is 0.275. The third kappa shape index (κ3) is 5.18. The molecule has 2 atom stereocenters. The molecule has 0 radical (unpaired) electrons. The van der Waals surface area contributed by atoms with Crippen LogP contribution in [-0.4, -0.2) is 41.9 Å². The summed E-state index contributed by atoms with van der Waals surface area (Å²) in [5.41, 5.74) is 3.45. The third-order valence-electron chi connectivity index (χ3n) is 6.50. The highest BCUT2D eigenvalue weighted by atomic mass is 32.2. The Morgan fingerprint density at radius 2 is 1.36 bits per heavy atom. The average Bonchev–Trinajstić information content (AvgIpc) is 3.37. The standard InChI is InChI=1S/C25H29N3O3S2/c1-29-19-5-3-17(4-6-19)18-13-15-28(16-14-18)33-23-12-11-22(24-25(23)27-31-26-24)32-21-9-7-20(30-2)8-10-21/h3-10,18,22-23H,11-16H2,1-2H3. The third-order valence-corrected chi connectivity index (χ3v) is 9.16. The summed E-state index contributed by atoms with van der Waals surface area (Å²) >= 11 is 3.76. The van der Waals surface area contributed by atoms with E-state index in [1.54, 1.807) is 14.2 Å². The Bertz CT molecular complexity index is 1030. The van der Waals surface area contributed by atoms with Crippen LogP contribution in [0.1, 0.15) is 59.1 Å². The highest BCUT2D eigenvalue weighted by Crippen LogP contribution is 2.50. The number of hydrogen-bond donors (Lipinski definition) is 0. The van der Waals surface area contributed by atoms with Gasteiger partial charge >= 0.3 is 0 Å². The van der Waals surface area contributed by atoms with Gasteiger partial charge in [0.1, 0.15) is 22.9 Å². The topological polar surface area (TPSA) is 60.6 Å². The number of piperidine rings is 1. The summed E-state index contributed by atoms with van der Waals surface area (Å²) in [4.78, 5) is 1.21. The van der Waals surface area contributed by atoms with E-state index in [1.807, 2.05) is 35.8 Å². The zero-order valence-corrected chi connectivity index (χ0v) is 20.6. The summed E-state index contributed by atoms with van der Waals surface area (Å²) in [6.45, 7) is 2.17. The fourth-order valence-electron chi connectivity index (χ4n) is 4.61. The number of thioether (sulfide) groups is 1. The molecule has 8 heteroatoms. The van der Waals surface area contributed by atoms with E-state index in [1.165, 1.54) is 23.3 Å². The summed E-state index contributed by atoms with van der Waals surface area (Å²) in [5.74, 6) is 2.41. The first-order valence-electron chi connectivity index (χ1n) is 11.4.